The molecule has 0 fully saturated rings. The monoisotopic (exact) mass is 407 g/mol. The van der Waals surface area contributed by atoms with E-state index in [9.17, 15) is 9.59 Å². The summed E-state index contributed by atoms with van der Waals surface area (Å²) >= 11 is 4.97. The van der Waals surface area contributed by atoms with E-state index in [-0.39, 0.29) is 23.3 Å². The molecule has 5 nitrogen and oxygen atoms in total. The van der Waals surface area contributed by atoms with Crippen LogP contribution in [0.25, 0.3) is 0 Å². The van der Waals surface area contributed by atoms with E-state index in [2.05, 4.69) is 46.5 Å². The first-order chi connectivity index (χ1) is 13.9. The van der Waals surface area contributed by atoms with Gasteiger partial charge in [-0.3, -0.25) is 14.6 Å². The number of nitrogens with one attached hydrogen (secondary N) is 3. The SMILES string of the molecule is Cc1[nH]c(=S)[nH]c(=O)c1CCC(=O)NCC(C)(c1ccccc1)c1ccccc1. The number of benzene rings is 2. The number of aromatic nitrogens is 2. The number of amides is 1. The summed E-state index contributed by atoms with van der Waals surface area (Å²) in [6.07, 6.45) is 0.584. The van der Waals surface area contributed by atoms with Gasteiger partial charge in [0.25, 0.3) is 5.56 Å². The molecule has 150 valence electrons. The fourth-order valence-electron chi connectivity index (χ4n) is 3.51. The molecule has 0 saturated heterocycles. The summed E-state index contributed by atoms with van der Waals surface area (Å²) in [6.45, 7) is 4.39. The van der Waals surface area contributed by atoms with Crippen molar-refractivity contribution >= 4 is 18.1 Å². The zero-order valence-electron chi connectivity index (χ0n) is 16.6. The Hall–Kier alpha value is -2.99. The van der Waals surface area contributed by atoms with Gasteiger partial charge in [-0.1, -0.05) is 60.7 Å². The third kappa shape index (κ3) is 4.90. The van der Waals surface area contributed by atoms with Crippen molar-refractivity contribution < 1.29 is 4.79 Å². The van der Waals surface area contributed by atoms with Crippen LogP contribution in [0.4, 0.5) is 0 Å². The van der Waals surface area contributed by atoms with Gasteiger partial charge in [0, 0.05) is 29.6 Å². The van der Waals surface area contributed by atoms with E-state index in [1.54, 1.807) is 6.92 Å². The highest BCUT2D eigenvalue weighted by Gasteiger charge is 2.29. The van der Waals surface area contributed by atoms with Crippen molar-refractivity contribution in [2.45, 2.75) is 32.1 Å². The summed E-state index contributed by atoms with van der Waals surface area (Å²) in [5.41, 5.74) is 2.93. The largest absolute Gasteiger partial charge is 0.355 e. The van der Waals surface area contributed by atoms with Crippen molar-refractivity contribution in [1.82, 2.24) is 15.3 Å². The summed E-state index contributed by atoms with van der Waals surface area (Å²) in [4.78, 5) is 30.2. The van der Waals surface area contributed by atoms with Crippen LogP contribution in [-0.4, -0.2) is 22.4 Å². The molecular formula is C23H25N3O2S. The number of H-pyrrole nitrogens is 2. The first-order valence-corrected chi connectivity index (χ1v) is 10.0. The van der Waals surface area contributed by atoms with Crippen molar-refractivity contribution in [3.63, 3.8) is 0 Å². The molecule has 0 aliphatic carbocycles. The van der Waals surface area contributed by atoms with E-state index in [0.29, 0.717) is 29.0 Å². The molecule has 0 atom stereocenters. The normalized spacial score (nSPS) is 11.2. The van der Waals surface area contributed by atoms with Crippen LogP contribution in [-0.2, 0) is 16.6 Å². The second-order valence-electron chi connectivity index (χ2n) is 7.35. The van der Waals surface area contributed by atoms with E-state index < -0.39 is 0 Å². The number of aromatic amines is 2. The summed E-state index contributed by atoms with van der Waals surface area (Å²) in [7, 11) is 0. The number of carbonyl (C=O) groups excluding carboxylic acids is 1. The minimum atomic E-state index is -0.358. The molecule has 0 spiro atoms. The van der Waals surface area contributed by atoms with E-state index in [0.717, 1.165) is 11.1 Å². The molecule has 3 N–H and O–H groups in total. The van der Waals surface area contributed by atoms with E-state index in [1.807, 2.05) is 36.4 Å². The van der Waals surface area contributed by atoms with Gasteiger partial charge in [0.2, 0.25) is 5.91 Å². The first kappa shape index (κ1) is 20.7. The Morgan fingerprint density at radius 1 is 1.00 bits per heavy atom. The third-order valence-corrected chi connectivity index (χ3v) is 5.52. The fourth-order valence-corrected chi connectivity index (χ4v) is 3.76. The van der Waals surface area contributed by atoms with Crippen molar-refractivity contribution in [2.75, 3.05) is 6.54 Å². The maximum absolute atomic E-state index is 12.6. The van der Waals surface area contributed by atoms with Gasteiger partial charge in [0.15, 0.2) is 4.77 Å². The zero-order valence-corrected chi connectivity index (χ0v) is 17.4. The molecule has 2 aromatic carbocycles. The first-order valence-electron chi connectivity index (χ1n) is 9.60. The summed E-state index contributed by atoms with van der Waals surface area (Å²) in [6, 6.07) is 20.3. The van der Waals surface area contributed by atoms with Gasteiger partial charge >= 0.3 is 0 Å². The fraction of sp³-hybridized carbons (Fsp3) is 0.261. The average Bonchev–Trinajstić information content (AvgIpc) is 2.72. The lowest BCUT2D eigenvalue weighted by molar-refractivity contribution is -0.121. The Bertz CT molecular complexity index is 1050. The van der Waals surface area contributed by atoms with Crippen molar-refractivity contribution in [2.24, 2.45) is 0 Å². The molecule has 1 amide bonds. The molecule has 0 unspecified atom stereocenters. The Morgan fingerprint density at radius 3 is 2.07 bits per heavy atom. The molecule has 3 aromatic rings. The number of rotatable bonds is 7. The van der Waals surface area contributed by atoms with E-state index in [1.165, 1.54) is 0 Å². The summed E-state index contributed by atoms with van der Waals surface area (Å²) in [5, 5.41) is 3.06. The average molecular weight is 408 g/mol. The van der Waals surface area contributed by atoms with Gasteiger partial charge in [0.1, 0.15) is 0 Å². The Morgan fingerprint density at radius 2 is 1.55 bits per heavy atom. The van der Waals surface area contributed by atoms with Gasteiger partial charge in [0.05, 0.1) is 0 Å². The molecule has 0 saturated carbocycles. The molecule has 6 heteroatoms. The lowest BCUT2D eigenvalue weighted by Crippen LogP contribution is -2.39. The number of hydrogen-bond donors (Lipinski definition) is 3. The zero-order chi connectivity index (χ0) is 20.9. The molecule has 3 rings (SSSR count). The predicted molar refractivity (Wildman–Crippen MR) is 118 cm³/mol. The topological polar surface area (TPSA) is 77.8 Å². The van der Waals surface area contributed by atoms with E-state index >= 15 is 0 Å². The Kier molecular flexibility index (Phi) is 6.44. The highest BCUT2D eigenvalue weighted by Crippen LogP contribution is 2.31. The molecule has 0 radical (unpaired) electrons. The number of hydrogen-bond acceptors (Lipinski definition) is 3. The van der Waals surface area contributed by atoms with Crippen LogP contribution in [0.5, 0.6) is 0 Å². The number of carbonyl (C=O) groups is 1. The van der Waals surface area contributed by atoms with Crippen molar-refractivity contribution in [3.05, 3.63) is 98.2 Å². The van der Waals surface area contributed by atoms with Crippen LogP contribution < -0.4 is 10.9 Å². The van der Waals surface area contributed by atoms with E-state index in [4.69, 9.17) is 12.2 Å². The third-order valence-electron chi connectivity index (χ3n) is 5.32. The van der Waals surface area contributed by atoms with Crippen LogP contribution in [0, 0.1) is 11.7 Å². The maximum Gasteiger partial charge on any atom is 0.255 e. The summed E-state index contributed by atoms with van der Waals surface area (Å²) < 4.78 is 0.294. The second kappa shape index (κ2) is 9.01. The number of aryl methyl sites for hydroxylation is 1. The molecule has 0 aliphatic heterocycles. The Balaban J connectivity index is 1.73. The molecule has 1 heterocycles. The summed E-state index contributed by atoms with van der Waals surface area (Å²) in [5.74, 6) is -0.0932. The van der Waals surface area contributed by atoms with Crippen LogP contribution in [0.2, 0.25) is 0 Å². The second-order valence-corrected chi connectivity index (χ2v) is 7.76. The highest BCUT2D eigenvalue weighted by molar-refractivity contribution is 7.71. The predicted octanol–water partition coefficient (Wildman–Crippen LogP) is 3.80. The van der Waals surface area contributed by atoms with Crippen LogP contribution >= 0.6 is 12.2 Å². The van der Waals surface area contributed by atoms with Crippen LogP contribution in [0.15, 0.2) is 65.5 Å². The molecular weight excluding hydrogens is 382 g/mol. The van der Waals surface area contributed by atoms with Crippen molar-refractivity contribution in [3.8, 4) is 0 Å². The van der Waals surface area contributed by atoms with Gasteiger partial charge in [-0.05, 0) is 43.6 Å². The van der Waals surface area contributed by atoms with Crippen molar-refractivity contribution in [1.29, 1.82) is 0 Å². The highest BCUT2D eigenvalue weighted by atomic mass is 32.1. The van der Waals surface area contributed by atoms with Crippen LogP contribution in [0.3, 0.4) is 0 Å². The van der Waals surface area contributed by atoms with Gasteiger partial charge < -0.3 is 10.3 Å². The molecule has 29 heavy (non-hydrogen) atoms. The molecule has 1 aromatic heterocycles. The van der Waals surface area contributed by atoms with Gasteiger partial charge in [-0.15, -0.1) is 0 Å². The molecule has 0 bridgehead atoms. The maximum atomic E-state index is 12.6. The minimum Gasteiger partial charge on any atom is -0.355 e. The standard InChI is InChI=1S/C23H25N3O2S/c1-16-19(21(28)26-22(29)25-16)13-14-20(27)24-15-23(2,17-9-5-3-6-10-17)18-11-7-4-8-12-18/h3-12H,13-15H2,1-2H3,(H,24,27)(H2,25,26,28,29). The minimum absolute atomic E-state index is 0.0932. The Labute approximate surface area is 175 Å². The van der Waals surface area contributed by atoms with Gasteiger partial charge in [-0.2, -0.15) is 0 Å². The molecule has 0 aliphatic rings. The quantitative estimate of drug-likeness (QED) is 0.522. The lowest BCUT2D eigenvalue weighted by Gasteiger charge is -2.31. The van der Waals surface area contributed by atoms with Gasteiger partial charge in [-0.25, -0.2) is 0 Å². The van der Waals surface area contributed by atoms with Crippen LogP contribution in [0.1, 0.15) is 35.7 Å². The lowest BCUT2D eigenvalue weighted by atomic mass is 9.76. The smallest absolute Gasteiger partial charge is 0.255 e.